The maximum absolute atomic E-state index is 11.1. The Labute approximate surface area is 131 Å². The number of aliphatic hydroxyl groups excluding tert-OH is 1. The van der Waals surface area contributed by atoms with Crippen molar-refractivity contribution in [1.82, 2.24) is 4.90 Å². The van der Waals surface area contributed by atoms with Crippen molar-refractivity contribution in [1.29, 1.82) is 0 Å². The predicted octanol–water partition coefficient (Wildman–Crippen LogP) is 2.06. The smallest absolute Gasteiger partial charge is 0.218 e. The molecule has 0 fully saturated rings. The first-order valence-electron chi connectivity index (χ1n) is 7.40. The highest BCUT2D eigenvalue weighted by Crippen LogP contribution is 2.12. The first kappa shape index (κ1) is 16.2. The summed E-state index contributed by atoms with van der Waals surface area (Å²) in [6.45, 7) is 2.20. The number of hydrogen-bond donors (Lipinski definition) is 2. The molecule has 0 heterocycles. The maximum Gasteiger partial charge on any atom is 0.218 e. The Morgan fingerprint density at radius 2 is 1.45 bits per heavy atom. The molecular weight excluding hydrogens is 276 g/mol. The fourth-order valence-corrected chi connectivity index (χ4v) is 2.33. The van der Waals surface area contributed by atoms with E-state index in [1.807, 2.05) is 42.5 Å². The summed E-state index contributed by atoms with van der Waals surface area (Å²) in [6.07, 6.45) is 0.349. The second-order valence-electron chi connectivity index (χ2n) is 5.39. The molecule has 0 aliphatic rings. The highest BCUT2D eigenvalue weighted by Gasteiger charge is 2.09. The van der Waals surface area contributed by atoms with E-state index in [-0.39, 0.29) is 12.5 Å². The summed E-state index contributed by atoms with van der Waals surface area (Å²) in [5, 5.41) is 9.09. The lowest BCUT2D eigenvalue weighted by Gasteiger charge is -2.22. The van der Waals surface area contributed by atoms with Crippen molar-refractivity contribution in [2.75, 3.05) is 6.54 Å². The van der Waals surface area contributed by atoms with Gasteiger partial charge in [0.2, 0.25) is 5.91 Å². The van der Waals surface area contributed by atoms with E-state index in [0.717, 1.165) is 24.2 Å². The minimum absolute atomic E-state index is 0.0513. The molecule has 0 bridgehead atoms. The quantitative estimate of drug-likeness (QED) is 0.784. The molecule has 1 amide bonds. The molecule has 0 saturated carbocycles. The van der Waals surface area contributed by atoms with E-state index in [2.05, 4.69) is 17.0 Å². The summed E-state index contributed by atoms with van der Waals surface area (Å²) in [5.41, 5.74) is 8.53. The van der Waals surface area contributed by atoms with Gasteiger partial charge in [0.05, 0.1) is 6.61 Å². The van der Waals surface area contributed by atoms with Gasteiger partial charge >= 0.3 is 0 Å². The zero-order valence-corrected chi connectivity index (χ0v) is 12.6. The molecule has 2 rings (SSSR count). The molecule has 0 atom stereocenters. The number of rotatable bonds is 8. The Kier molecular flexibility index (Phi) is 6.13. The van der Waals surface area contributed by atoms with Gasteiger partial charge in [0.25, 0.3) is 0 Å². The van der Waals surface area contributed by atoms with Crippen molar-refractivity contribution in [2.45, 2.75) is 26.1 Å². The van der Waals surface area contributed by atoms with Crippen LogP contribution in [0.1, 0.15) is 23.1 Å². The molecular formula is C18H22N2O2. The van der Waals surface area contributed by atoms with Gasteiger partial charge in [0, 0.05) is 26.1 Å². The van der Waals surface area contributed by atoms with Crippen LogP contribution in [-0.4, -0.2) is 22.5 Å². The van der Waals surface area contributed by atoms with Gasteiger partial charge in [0.15, 0.2) is 0 Å². The Morgan fingerprint density at radius 1 is 0.909 bits per heavy atom. The summed E-state index contributed by atoms with van der Waals surface area (Å²) in [6, 6.07) is 18.0. The Bertz CT molecular complexity index is 582. The summed E-state index contributed by atoms with van der Waals surface area (Å²) in [4.78, 5) is 13.3. The van der Waals surface area contributed by atoms with Crippen molar-refractivity contribution in [3.8, 4) is 0 Å². The van der Waals surface area contributed by atoms with Gasteiger partial charge in [-0.3, -0.25) is 9.69 Å². The van der Waals surface area contributed by atoms with Crippen LogP contribution < -0.4 is 5.73 Å². The van der Waals surface area contributed by atoms with Gasteiger partial charge in [0.1, 0.15) is 0 Å². The molecule has 0 unspecified atom stereocenters. The van der Waals surface area contributed by atoms with Crippen molar-refractivity contribution in [2.24, 2.45) is 5.73 Å². The van der Waals surface area contributed by atoms with Gasteiger partial charge in [-0.25, -0.2) is 0 Å². The third-order valence-electron chi connectivity index (χ3n) is 3.54. The van der Waals surface area contributed by atoms with Crippen LogP contribution in [-0.2, 0) is 24.5 Å². The van der Waals surface area contributed by atoms with E-state index in [9.17, 15) is 4.79 Å². The number of nitrogens with two attached hydrogens (primary N) is 1. The summed E-state index contributed by atoms with van der Waals surface area (Å²) in [5.74, 6) is -0.284. The third kappa shape index (κ3) is 5.31. The SMILES string of the molecule is NC(=O)CCN(Cc1ccccc1)Cc1ccc(CO)cc1. The molecule has 116 valence electrons. The second-order valence-corrected chi connectivity index (χ2v) is 5.39. The maximum atomic E-state index is 11.1. The number of nitrogens with zero attached hydrogens (tertiary/aromatic N) is 1. The molecule has 0 spiro atoms. The van der Waals surface area contributed by atoms with Crippen LogP contribution in [0.3, 0.4) is 0 Å². The van der Waals surface area contributed by atoms with Crippen molar-refractivity contribution in [3.63, 3.8) is 0 Å². The highest BCUT2D eigenvalue weighted by atomic mass is 16.3. The Morgan fingerprint density at radius 3 is 2.00 bits per heavy atom. The molecule has 0 aliphatic heterocycles. The molecule has 2 aromatic rings. The van der Waals surface area contributed by atoms with Crippen molar-refractivity contribution < 1.29 is 9.90 Å². The topological polar surface area (TPSA) is 66.6 Å². The van der Waals surface area contributed by atoms with E-state index in [1.165, 1.54) is 5.56 Å². The van der Waals surface area contributed by atoms with Crippen LogP contribution in [0.2, 0.25) is 0 Å². The summed E-state index contributed by atoms with van der Waals surface area (Å²) >= 11 is 0. The molecule has 3 N–H and O–H groups in total. The summed E-state index contributed by atoms with van der Waals surface area (Å²) in [7, 11) is 0. The van der Waals surface area contributed by atoms with Gasteiger partial charge in [-0.1, -0.05) is 54.6 Å². The average Bonchev–Trinajstić information content (AvgIpc) is 2.54. The number of benzene rings is 2. The second kappa shape index (κ2) is 8.32. The zero-order chi connectivity index (χ0) is 15.8. The number of aliphatic hydroxyl groups is 1. The standard InChI is InChI=1S/C18H22N2O2/c19-18(22)10-11-20(12-15-4-2-1-3-5-15)13-16-6-8-17(14-21)9-7-16/h1-9,21H,10-14H2,(H2,19,22). The lowest BCUT2D eigenvalue weighted by Crippen LogP contribution is -2.27. The van der Waals surface area contributed by atoms with Crippen LogP contribution in [0.25, 0.3) is 0 Å². The number of carbonyl (C=O) groups excluding carboxylic acids is 1. The minimum Gasteiger partial charge on any atom is -0.392 e. The molecule has 0 aliphatic carbocycles. The van der Waals surface area contributed by atoms with Crippen LogP contribution in [0.15, 0.2) is 54.6 Å². The molecule has 4 heteroatoms. The largest absolute Gasteiger partial charge is 0.392 e. The van der Waals surface area contributed by atoms with Crippen LogP contribution >= 0.6 is 0 Å². The van der Waals surface area contributed by atoms with Crippen molar-refractivity contribution >= 4 is 5.91 Å². The molecule has 0 saturated heterocycles. The lowest BCUT2D eigenvalue weighted by molar-refractivity contribution is -0.118. The fourth-order valence-electron chi connectivity index (χ4n) is 2.33. The first-order chi connectivity index (χ1) is 10.7. The molecule has 4 nitrogen and oxygen atoms in total. The van der Waals surface area contributed by atoms with Gasteiger partial charge in [-0.2, -0.15) is 0 Å². The van der Waals surface area contributed by atoms with E-state index >= 15 is 0 Å². The van der Waals surface area contributed by atoms with Gasteiger partial charge < -0.3 is 10.8 Å². The fraction of sp³-hybridized carbons (Fsp3) is 0.278. The average molecular weight is 298 g/mol. The zero-order valence-electron chi connectivity index (χ0n) is 12.6. The van der Waals surface area contributed by atoms with E-state index in [1.54, 1.807) is 0 Å². The van der Waals surface area contributed by atoms with E-state index in [4.69, 9.17) is 10.8 Å². The van der Waals surface area contributed by atoms with Crippen molar-refractivity contribution in [3.05, 3.63) is 71.3 Å². The third-order valence-corrected chi connectivity index (χ3v) is 3.54. The summed E-state index contributed by atoms with van der Waals surface area (Å²) < 4.78 is 0. The van der Waals surface area contributed by atoms with Gasteiger partial charge in [-0.15, -0.1) is 0 Å². The van der Waals surface area contributed by atoms with Gasteiger partial charge in [-0.05, 0) is 16.7 Å². The van der Waals surface area contributed by atoms with Crippen LogP contribution in [0.4, 0.5) is 0 Å². The number of carbonyl (C=O) groups is 1. The normalized spacial score (nSPS) is 10.8. The first-order valence-corrected chi connectivity index (χ1v) is 7.40. The lowest BCUT2D eigenvalue weighted by atomic mass is 10.1. The Hall–Kier alpha value is -2.17. The van der Waals surface area contributed by atoms with E-state index in [0.29, 0.717) is 13.0 Å². The number of primary amides is 1. The minimum atomic E-state index is -0.284. The highest BCUT2D eigenvalue weighted by molar-refractivity contribution is 5.73. The molecule has 0 aromatic heterocycles. The van der Waals surface area contributed by atoms with E-state index < -0.39 is 0 Å². The Balaban J connectivity index is 2.03. The van der Waals surface area contributed by atoms with Crippen LogP contribution in [0, 0.1) is 0 Å². The number of amides is 1. The number of hydrogen-bond acceptors (Lipinski definition) is 3. The monoisotopic (exact) mass is 298 g/mol. The van der Waals surface area contributed by atoms with Crippen LogP contribution in [0.5, 0.6) is 0 Å². The predicted molar refractivity (Wildman–Crippen MR) is 86.7 cm³/mol. The molecule has 2 aromatic carbocycles. The molecule has 22 heavy (non-hydrogen) atoms. The molecule has 0 radical (unpaired) electrons.